The van der Waals surface area contributed by atoms with E-state index in [1.165, 1.54) is 0 Å². The quantitative estimate of drug-likeness (QED) is 0.730. The summed E-state index contributed by atoms with van der Waals surface area (Å²) < 4.78 is 2.03. The molecule has 1 rings (SSSR count). The molecule has 2 nitrogen and oxygen atoms in total. The van der Waals surface area contributed by atoms with E-state index in [0.717, 1.165) is 18.7 Å². The van der Waals surface area contributed by atoms with Crippen LogP contribution in [0.1, 0.15) is 13.3 Å². The van der Waals surface area contributed by atoms with Crippen LogP contribution < -0.4 is 5.43 Å². The van der Waals surface area contributed by atoms with E-state index in [0.29, 0.717) is 5.92 Å². The van der Waals surface area contributed by atoms with Crippen molar-refractivity contribution in [2.24, 2.45) is 5.92 Å². The zero-order valence-corrected chi connectivity index (χ0v) is 8.71. The van der Waals surface area contributed by atoms with Crippen LogP contribution in [0.2, 0.25) is 0 Å². The number of thiol groups is 1. The molecule has 1 aromatic rings. The molecule has 0 radical (unpaired) electrons. The second kappa shape index (κ2) is 5.12. The van der Waals surface area contributed by atoms with Crippen molar-refractivity contribution in [1.82, 2.24) is 4.57 Å². The van der Waals surface area contributed by atoms with Gasteiger partial charge in [-0.15, -0.1) is 0 Å². The predicted octanol–water partition coefficient (Wildman–Crippen LogP) is 1.80. The molecule has 0 amide bonds. The molecule has 0 N–H and O–H groups in total. The van der Waals surface area contributed by atoms with E-state index in [-0.39, 0.29) is 5.43 Å². The molecule has 0 aliphatic rings. The van der Waals surface area contributed by atoms with Crippen LogP contribution in [0, 0.1) is 5.92 Å². The normalized spacial score (nSPS) is 12.8. The Kier molecular flexibility index (Phi) is 4.09. The van der Waals surface area contributed by atoms with E-state index >= 15 is 0 Å². The van der Waals surface area contributed by atoms with Gasteiger partial charge in [0.15, 0.2) is 5.43 Å². The highest BCUT2D eigenvalue weighted by atomic mass is 32.1. The van der Waals surface area contributed by atoms with Gasteiger partial charge in [0.25, 0.3) is 0 Å². The summed E-state index contributed by atoms with van der Waals surface area (Å²) in [5.41, 5.74) is 0.0650. The van der Waals surface area contributed by atoms with Crippen LogP contribution in [0.3, 0.4) is 0 Å². The smallest absolute Gasteiger partial charge is 0.181 e. The minimum atomic E-state index is 0.0650. The summed E-state index contributed by atoms with van der Waals surface area (Å²) in [4.78, 5) is 10.8. The first-order valence-corrected chi connectivity index (χ1v) is 5.16. The summed E-state index contributed by atoms with van der Waals surface area (Å²) in [5, 5.41) is 0. The van der Waals surface area contributed by atoms with Gasteiger partial charge in [-0.1, -0.05) is 13.3 Å². The van der Waals surface area contributed by atoms with Gasteiger partial charge in [-0.3, -0.25) is 4.79 Å². The highest BCUT2D eigenvalue weighted by molar-refractivity contribution is 7.80. The first-order valence-electron chi connectivity index (χ1n) is 4.53. The van der Waals surface area contributed by atoms with E-state index in [2.05, 4.69) is 19.6 Å². The number of hydrogen-bond donors (Lipinski definition) is 1. The van der Waals surface area contributed by atoms with Crippen LogP contribution in [0.5, 0.6) is 0 Å². The largest absolute Gasteiger partial charge is 0.354 e. The van der Waals surface area contributed by atoms with Crippen LogP contribution in [-0.2, 0) is 6.54 Å². The second-order valence-corrected chi connectivity index (χ2v) is 3.55. The molecule has 0 saturated heterocycles. The molecule has 1 atom stereocenters. The summed E-state index contributed by atoms with van der Waals surface area (Å²) in [6, 6.07) is 3.18. The summed E-state index contributed by atoms with van der Waals surface area (Å²) >= 11 is 4.27. The molecule has 0 aliphatic carbocycles. The molecular weight excluding hydrogens is 182 g/mol. The number of rotatable bonds is 4. The van der Waals surface area contributed by atoms with Crippen LogP contribution in [0.15, 0.2) is 29.3 Å². The molecule has 0 aromatic carbocycles. The predicted molar refractivity (Wildman–Crippen MR) is 58.3 cm³/mol. The second-order valence-electron chi connectivity index (χ2n) is 3.19. The van der Waals surface area contributed by atoms with Crippen molar-refractivity contribution in [3.05, 3.63) is 34.7 Å². The third kappa shape index (κ3) is 3.27. The maximum absolute atomic E-state index is 10.8. The lowest BCUT2D eigenvalue weighted by Gasteiger charge is -2.13. The van der Waals surface area contributed by atoms with E-state index in [1.54, 1.807) is 12.1 Å². The van der Waals surface area contributed by atoms with Crippen LogP contribution >= 0.6 is 12.6 Å². The fourth-order valence-corrected chi connectivity index (χ4v) is 1.55. The van der Waals surface area contributed by atoms with E-state index in [9.17, 15) is 4.79 Å². The van der Waals surface area contributed by atoms with E-state index < -0.39 is 0 Å². The van der Waals surface area contributed by atoms with Gasteiger partial charge in [0, 0.05) is 31.1 Å². The van der Waals surface area contributed by atoms with Crippen molar-refractivity contribution in [3.63, 3.8) is 0 Å². The number of nitrogens with zero attached hydrogens (tertiary/aromatic N) is 1. The average molecular weight is 197 g/mol. The van der Waals surface area contributed by atoms with Crippen molar-refractivity contribution in [3.8, 4) is 0 Å². The molecule has 0 aliphatic heterocycles. The van der Waals surface area contributed by atoms with Gasteiger partial charge >= 0.3 is 0 Å². The van der Waals surface area contributed by atoms with Gasteiger partial charge in [-0.2, -0.15) is 12.6 Å². The van der Waals surface area contributed by atoms with Crippen LogP contribution in [-0.4, -0.2) is 10.3 Å². The van der Waals surface area contributed by atoms with Gasteiger partial charge < -0.3 is 4.57 Å². The fourth-order valence-electron chi connectivity index (χ4n) is 1.18. The molecule has 13 heavy (non-hydrogen) atoms. The van der Waals surface area contributed by atoms with E-state index in [1.807, 2.05) is 17.0 Å². The Balaban J connectivity index is 2.63. The first-order chi connectivity index (χ1) is 6.26. The SMILES string of the molecule is CCC(CS)Cn1ccc(=O)cc1. The van der Waals surface area contributed by atoms with Gasteiger partial charge in [-0.25, -0.2) is 0 Å². The third-order valence-corrected chi connectivity index (χ3v) is 2.68. The summed E-state index contributed by atoms with van der Waals surface area (Å²) in [7, 11) is 0. The Morgan fingerprint density at radius 1 is 1.46 bits per heavy atom. The minimum absolute atomic E-state index is 0.0650. The van der Waals surface area contributed by atoms with Crippen molar-refractivity contribution in [2.75, 3.05) is 5.75 Å². The molecule has 72 valence electrons. The van der Waals surface area contributed by atoms with Gasteiger partial charge in [-0.05, 0) is 11.7 Å². The minimum Gasteiger partial charge on any atom is -0.354 e. The number of hydrogen-bond acceptors (Lipinski definition) is 2. The molecule has 1 aromatic heterocycles. The molecule has 0 fully saturated rings. The zero-order chi connectivity index (χ0) is 9.68. The highest BCUT2D eigenvalue weighted by Gasteiger charge is 2.02. The maximum atomic E-state index is 10.8. The van der Waals surface area contributed by atoms with E-state index in [4.69, 9.17) is 0 Å². The first kappa shape index (κ1) is 10.4. The average Bonchev–Trinajstić information content (AvgIpc) is 2.17. The topological polar surface area (TPSA) is 22.0 Å². The van der Waals surface area contributed by atoms with Crippen molar-refractivity contribution in [1.29, 1.82) is 0 Å². The lowest BCUT2D eigenvalue weighted by Crippen LogP contribution is -2.12. The summed E-state index contributed by atoms with van der Waals surface area (Å²) in [6.07, 6.45) is 4.78. The number of aromatic nitrogens is 1. The number of pyridine rings is 1. The van der Waals surface area contributed by atoms with Gasteiger partial charge in [0.05, 0.1) is 0 Å². The molecule has 0 spiro atoms. The molecular formula is C10H15NOS. The highest BCUT2D eigenvalue weighted by Crippen LogP contribution is 2.07. The van der Waals surface area contributed by atoms with Crippen LogP contribution in [0.4, 0.5) is 0 Å². The fraction of sp³-hybridized carbons (Fsp3) is 0.500. The monoisotopic (exact) mass is 197 g/mol. The van der Waals surface area contributed by atoms with Gasteiger partial charge in [0.2, 0.25) is 0 Å². The Hall–Kier alpha value is -0.700. The van der Waals surface area contributed by atoms with Gasteiger partial charge in [0.1, 0.15) is 0 Å². The standard InChI is InChI=1S/C10H15NOS/c1-2-9(8-13)7-11-5-3-10(12)4-6-11/h3-6,9,13H,2,7-8H2,1H3. The maximum Gasteiger partial charge on any atom is 0.181 e. The summed E-state index contributed by atoms with van der Waals surface area (Å²) in [5.74, 6) is 1.48. The lowest BCUT2D eigenvalue weighted by atomic mass is 10.1. The Morgan fingerprint density at radius 3 is 2.54 bits per heavy atom. The molecule has 0 saturated carbocycles. The lowest BCUT2D eigenvalue weighted by molar-refractivity contribution is 0.475. The third-order valence-electron chi connectivity index (χ3n) is 2.17. The van der Waals surface area contributed by atoms with Crippen molar-refractivity contribution >= 4 is 12.6 Å². The zero-order valence-electron chi connectivity index (χ0n) is 7.81. The molecule has 1 unspecified atom stereocenters. The Labute approximate surface area is 84.0 Å². The Bertz CT molecular complexity index is 284. The Morgan fingerprint density at radius 2 is 2.08 bits per heavy atom. The molecule has 3 heteroatoms. The van der Waals surface area contributed by atoms with Crippen molar-refractivity contribution < 1.29 is 0 Å². The van der Waals surface area contributed by atoms with Crippen molar-refractivity contribution in [2.45, 2.75) is 19.9 Å². The molecule has 1 heterocycles. The summed E-state index contributed by atoms with van der Waals surface area (Å²) in [6.45, 7) is 3.10. The molecule has 0 bridgehead atoms. The van der Waals surface area contributed by atoms with Crippen LogP contribution in [0.25, 0.3) is 0 Å².